The van der Waals surface area contributed by atoms with Crippen LogP contribution in [0.3, 0.4) is 0 Å². The lowest BCUT2D eigenvalue weighted by atomic mass is 10.1. The molecule has 5 heteroatoms. The van der Waals surface area contributed by atoms with E-state index in [1.165, 1.54) is 0 Å². The van der Waals surface area contributed by atoms with E-state index in [9.17, 15) is 0 Å². The molecule has 0 spiro atoms. The van der Waals surface area contributed by atoms with E-state index >= 15 is 0 Å². The standard InChI is InChI=1S/C19H13N5/c1-2-4-14(5-3-1)17-18(15-6-10-20-11-7-15)23-24-19(22-17)16-8-12-21-13-9-16/h1-13H. The SMILES string of the molecule is c1ccc(-c2nc(-c3ccncc3)nnc2-c2ccncc2)cc1. The Hall–Kier alpha value is -3.47. The summed E-state index contributed by atoms with van der Waals surface area (Å²) in [7, 11) is 0. The van der Waals surface area contributed by atoms with Crippen LogP contribution < -0.4 is 0 Å². The summed E-state index contributed by atoms with van der Waals surface area (Å²) in [6.45, 7) is 0. The van der Waals surface area contributed by atoms with Gasteiger partial charge >= 0.3 is 0 Å². The Balaban J connectivity index is 1.92. The second-order valence-corrected chi connectivity index (χ2v) is 5.17. The lowest BCUT2D eigenvalue weighted by Crippen LogP contribution is -2.00. The van der Waals surface area contributed by atoms with Crippen molar-refractivity contribution in [3.63, 3.8) is 0 Å². The van der Waals surface area contributed by atoms with Gasteiger partial charge in [0.05, 0.1) is 0 Å². The molecule has 5 nitrogen and oxygen atoms in total. The molecule has 0 atom stereocenters. The summed E-state index contributed by atoms with van der Waals surface area (Å²) in [4.78, 5) is 12.9. The molecule has 3 heterocycles. The largest absolute Gasteiger partial charge is 0.265 e. The van der Waals surface area contributed by atoms with Gasteiger partial charge in [-0.25, -0.2) is 4.98 Å². The molecule has 0 radical (unpaired) electrons. The first kappa shape index (κ1) is 14.1. The van der Waals surface area contributed by atoms with Crippen LogP contribution in [-0.2, 0) is 0 Å². The fraction of sp³-hybridized carbons (Fsp3) is 0. The maximum absolute atomic E-state index is 4.77. The average molecular weight is 311 g/mol. The summed E-state index contributed by atoms with van der Waals surface area (Å²) >= 11 is 0. The first-order valence-corrected chi connectivity index (χ1v) is 7.53. The van der Waals surface area contributed by atoms with Gasteiger partial charge in [-0.05, 0) is 24.3 Å². The molecule has 0 aliphatic heterocycles. The Labute approximate surface area is 139 Å². The third-order valence-electron chi connectivity index (χ3n) is 3.63. The van der Waals surface area contributed by atoms with Crippen molar-refractivity contribution in [3.05, 3.63) is 79.4 Å². The van der Waals surface area contributed by atoms with Crippen LogP contribution in [0.1, 0.15) is 0 Å². The van der Waals surface area contributed by atoms with Gasteiger partial charge in [0.2, 0.25) is 0 Å². The van der Waals surface area contributed by atoms with Crippen LogP contribution in [0, 0.1) is 0 Å². The highest BCUT2D eigenvalue weighted by molar-refractivity contribution is 5.78. The molecule has 3 aromatic heterocycles. The third kappa shape index (κ3) is 2.75. The molecule has 0 saturated carbocycles. The van der Waals surface area contributed by atoms with Gasteiger partial charge in [0.25, 0.3) is 0 Å². The van der Waals surface area contributed by atoms with Gasteiger partial charge in [0.1, 0.15) is 11.4 Å². The van der Waals surface area contributed by atoms with Crippen molar-refractivity contribution in [1.29, 1.82) is 0 Å². The Morgan fingerprint density at radius 1 is 0.500 bits per heavy atom. The minimum Gasteiger partial charge on any atom is -0.265 e. The van der Waals surface area contributed by atoms with Gasteiger partial charge < -0.3 is 0 Å². The van der Waals surface area contributed by atoms with Crippen molar-refractivity contribution in [2.75, 3.05) is 0 Å². The maximum atomic E-state index is 4.77. The van der Waals surface area contributed by atoms with E-state index in [-0.39, 0.29) is 0 Å². The Kier molecular flexibility index (Phi) is 3.73. The molecular formula is C19H13N5. The van der Waals surface area contributed by atoms with Crippen molar-refractivity contribution in [3.8, 4) is 33.9 Å². The zero-order valence-electron chi connectivity index (χ0n) is 12.7. The van der Waals surface area contributed by atoms with Gasteiger partial charge in [-0.3, -0.25) is 9.97 Å². The highest BCUT2D eigenvalue weighted by atomic mass is 15.2. The number of pyridine rings is 2. The van der Waals surface area contributed by atoms with Crippen LogP contribution in [0.5, 0.6) is 0 Å². The zero-order chi connectivity index (χ0) is 16.2. The van der Waals surface area contributed by atoms with Crippen LogP contribution in [0.2, 0.25) is 0 Å². The van der Waals surface area contributed by atoms with E-state index < -0.39 is 0 Å². The number of hydrogen-bond acceptors (Lipinski definition) is 5. The fourth-order valence-corrected chi connectivity index (χ4v) is 2.45. The molecule has 0 amide bonds. The van der Waals surface area contributed by atoms with Crippen molar-refractivity contribution >= 4 is 0 Å². The molecule has 0 aliphatic rings. The summed E-state index contributed by atoms with van der Waals surface area (Å²) in [6.07, 6.45) is 6.92. The van der Waals surface area contributed by atoms with Gasteiger partial charge in [-0.15, -0.1) is 10.2 Å². The predicted molar refractivity (Wildman–Crippen MR) is 91.7 cm³/mol. The summed E-state index contributed by atoms with van der Waals surface area (Å²) in [5, 5.41) is 8.74. The van der Waals surface area contributed by atoms with Crippen LogP contribution in [0.4, 0.5) is 0 Å². The monoisotopic (exact) mass is 311 g/mol. The molecule has 0 unspecified atom stereocenters. The molecule has 0 fully saturated rings. The average Bonchev–Trinajstić information content (AvgIpc) is 2.69. The number of nitrogens with zero attached hydrogens (tertiary/aromatic N) is 5. The van der Waals surface area contributed by atoms with E-state index in [1.807, 2.05) is 54.6 Å². The van der Waals surface area contributed by atoms with Crippen LogP contribution in [-0.4, -0.2) is 25.1 Å². The van der Waals surface area contributed by atoms with Crippen molar-refractivity contribution < 1.29 is 0 Å². The molecule has 4 rings (SSSR count). The Morgan fingerprint density at radius 3 is 1.75 bits per heavy atom. The molecule has 4 aromatic rings. The van der Waals surface area contributed by atoms with Crippen molar-refractivity contribution in [2.24, 2.45) is 0 Å². The predicted octanol–water partition coefficient (Wildman–Crippen LogP) is 3.66. The lowest BCUT2D eigenvalue weighted by molar-refractivity contribution is 0.990. The summed E-state index contributed by atoms with van der Waals surface area (Å²) in [6, 6.07) is 17.5. The zero-order valence-corrected chi connectivity index (χ0v) is 12.7. The second kappa shape index (κ2) is 6.34. The minimum absolute atomic E-state index is 0.578. The van der Waals surface area contributed by atoms with E-state index in [0.717, 1.165) is 28.1 Å². The smallest absolute Gasteiger partial charge is 0.182 e. The fourth-order valence-electron chi connectivity index (χ4n) is 2.45. The Morgan fingerprint density at radius 2 is 1.08 bits per heavy atom. The minimum atomic E-state index is 0.578. The highest BCUT2D eigenvalue weighted by Gasteiger charge is 2.14. The number of hydrogen-bond donors (Lipinski definition) is 0. The number of benzene rings is 1. The van der Waals surface area contributed by atoms with Crippen LogP contribution >= 0.6 is 0 Å². The molecule has 1 aromatic carbocycles. The van der Waals surface area contributed by atoms with Gasteiger partial charge in [-0.2, -0.15) is 0 Å². The summed E-state index contributed by atoms with van der Waals surface area (Å²) < 4.78 is 0. The van der Waals surface area contributed by atoms with Crippen molar-refractivity contribution in [2.45, 2.75) is 0 Å². The molecule has 0 N–H and O–H groups in total. The third-order valence-corrected chi connectivity index (χ3v) is 3.63. The lowest BCUT2D eigenvalue weighted by Gasteiger charge is -2.09. The first-order valence-electron chi connectivity index (χ1n) is 7.53. The van der Waals surface area contributed by atoms with Crippen molar-refractivity contribution in [1.82, 2.24) is 25.1 Å². The van der Waals surface area contributed by atoms with E-state index in [0.29, 0.717) is 5.82 Å². The summed E-state index contributed by atoms with van der Waals surface area (Å²) in [5.74, 6) is 0.578. The second-order valence-electron chi connectivity index (χ2n) is 5.17. The quantitative estimate of drug-likeness (QED) is 0.577. The molecule has 114 valence electrons. The normalized spacial score (nSPS) is 10.5. The highest BCUT2D eigenvalue weighted by Crippen LogP contribution is 2.29. The van der Waals surface area contributed by atoms with E-state index in [4.69, 9.17) is 4.98 Å². The van der Waals surface area contributed by atoms with E-state index in [2.05, 4.69) is 20.2 Å². The first-order chi connectivity index (χ1) is 11.9. The molecule has 0 bridgehead atoms. The molecule has 0 saturated heterocycles. The van der Waals surface area contributed by atoms with Crippen LogP contribution in [0.15, 0.2) is 79.4 Å². The van der Waals surface area contributed by atoms with E-state index in [1.54, 1.807) is 24.8 Å². The number of aromatic nitrogens is 5. The van der Waals surface area contributed by atoms with Gasteiger partial charge in [0, 0.05) is 41.5 Å². The Bertz CT molecular complexity index is 941. The number of rotatable bonds is 3. The molecular weight excluding hydrogens is 298 g/mol. The van der Waals surface area contributed by atoms with Crippen LogP contribution in [0.25, 0.3) is 33.9 Å². The summed E-state index contributed by atoms with van der Waals surface area (Å²) in [5.41, 5.74) is 4.35. The van der Waals surface area contributed by atoms with Gasteiger partial charge in [-0.1, -0.05) is 30.3 Å². The molecule has 0 aliphatic carbocycles. The maximum Gasteiger partial charge on any atom is 0.182 e. The van der Waals surface area contributed by atoms with Gasteiger partial charge in [0.15, 0.2) is 5.82 Å². The molecule has 24 heavy (non-hydrogen) atoms. The topological polar surface area (TPSA) is 64.5 Å².